The van der Waals surface area contributed by atoms with Crippen molar-refractivity contribution in [3.63, 3.8) is 0 Å². The maximum absolute atomic E-state index is 10.6. The number of amides is 1. The van der Waals surface area contributed by atoms with Crippen LogP contribution >= 0.6 is 11.3 Å². The highest BCUT2D eigenvalue weighted by Crippen LogP contribution is 2.34. The summed E-state index contributed by atoms with van der Waals surface area (Å²) in [6.07, 6.45) is 3.21. The lowest BCUT2D eigenvalue weighted by atomic mass is 9.99. The van der Waals surface area contributed by atoms with Crippen molar-refractivity contribution in [2.75, 3.05) is 6.54 Å². The van der Waals surface area contributed by atoms with E-state index < -0.39 is 6.09 Å². The van der Waals surface area contributed by atoms with Crippen LogP contribution in [0.4, 0.5) is 4.79 Å². The van der Waals surface area contributed by atoms with Gasteiger partial charge in [0, 0.05) is 23.6 Å². The summed E-state index contributed by atoms with van der Waals surface area (Å²) in [5.74, 6) is 0. The Bertz CT molecular complexity index is 783. The molecule has 0 atom stereocenters. The Balaban J connectivity index is 1.98. The van der Waals surface area contributed by atoms with Crippen LogP contribution in [0, 0.1) is 0 Å². The summed E-state index contributed by atoms with van der Waals surface area (Å²) in [5.41, 5.74) is 3.34. The van der Waals surface area contributed by atoms with Gasteiger partial charge in [-0.25, -0.2) is 4.79 Å². The number of carboxylic acid groups (broad SMARTS) is 1. The molecule has 2 N–H and O–H groups in total. The maximum atomic E-state index is 10.6. The number of thiophene rings is 1. The molecule has 3 rings (SSSR count). The quantitative estimate of drug-likeness (QED) is 0.770. The highest BCUT2D eigenvalue weighted by molar-refractivity contribution is 7.17. The van der Waals surface area contributed by atoms with Crippen molar-refractivity contribution < 1.29 is 9.90 Å². The van der Waals surface area contributed by atoms with Gasteiger partial charge in [-0.2, -0.15) is 0 Å². The van der Waals surface area contributed by atoms with E-state index in [4.69, 9.17) is 5.11 Å². The van der Waals surface area contributed by atoms with Crippen LogP contribution in [0.1, 0.15) is 5.56 Å². The first-order chi connectivity index (χ1) is 10.3. The standard InChI is InChI=1S/C16H14N2O2S/c19-16(20)18-8-4-12-10-17-7-5-13(12)14-3-1-2-11-6-9-21-15(11)14/h1-3,5-7,9-10,18H,4,8H2,(H,19,20). The maximum Gasteiger partial charge on any atom is 0.404 e. The Morgan fingerprint density at radius 3 is 3.00 bits per heavy atom. The number of nitrogens with zero attached hydrogens (tertiary/aromatic N) is 1. The van der Waals surface area contributed by atoms with Gasteiger partial charge in [0.25, 0.3) is 0 Å². The summed E-state index contributed by atoms with van der Waals surface area (Å²) in [7, 11) is 0. The third-order valence-electron chi connectivity index (χ3n) is 3.34. The number of aromatic nitrogens is 1. The number of hydrogen-bond acceptors (Lipinski definition) is 3. The molecule has 0 radical (unpaired) electrons. The monoisotopic (exact) mass is 298 g/mol. The van der Waals surface area contributed by atoms with Gasteiger partial charge in [0.2, 0.25) is 0 Å². The lowest BCUT2D eigenvalue weighted by Gasteiger charge is -2.10. The number of nitrogens with one attached hydrogen (secondary N) is 1. The van der Waals surface area contributed by atoms with E-state index in [0.29, 0.717) is 13.0 Å². The molecular formula is C16H14N2O2S. The Morgan fingerprint density at radius 2 is 2.14 bits per heavy atom. The molecule has 0 bridgehead atoms. The van der Waals surface area contributed by atoms with Crippen LogP contribution in [0.5, 0.6) is 0 Å². The minimum atomic E-state index is -0.999. The van der Waals surface area contributed by atoms with Gasteiger partial charge in [0.1, 0.15) is 0 Å². The summed E-state index contributed by atoms with van der Waals surface area (Å²) in [6.45, 7) is 0.383. The molecule has 0 aliphatic rings. The summed E-state index contributed by atoms with van der Waals surface area (Å²) < 4.78 is 1.25. The molecule has 5 heteroatoms. The predicted molar refractivity (Wildman–Crippen MR) is 84.8 cm³/mol. The van der Waals surface area contributed by atoms with Crippen LogP contribution in [-0.4, -0.2) is 22.7 Å². The smallest absolute Gasteiger partial charge is 0.404 e. The molecule has 1 amide bonds. The normalized spacial score (nSPS) is 10.7. The first-order valence-electron chi connectivity index (χ1n) is 6.62. The molecule has 2 aromatic heterocycles. The number of hydrogen-bond donors (Lipinski definition) is 2. The minimum Gasteiger partial charge on any atom is -0.465 e. The second-order valence-electron chi connectivity index (χ2n) is 4.66. The van der Waals surface area contributed by atoms with Crippen molar-refractivity contribution in [3.8, 4) is 11.1 Å². The van der Waals surface area contributed by atoms with Crippen molar-refractivity contribution >= 4 is 27.5 Å². The predicted octanol–water partition coefficient (Wildman–Crippen LogP) is 3.77. The summed E-state index contributed by atoms with van der Waals surface area (Å²) in [6, 6.07) is 10.3. The Morgan fingerprint density at radius 1 is 1.24 bits per heavy atom. The molecule has 4 nitrogen and oxygen atoms in total. The fourth-order valence-electron chi connectivity index (χ4n) is 2.40. The molecule has 0 aliphatic carbocycles. The van der Waals surface area contributed by atoms with Crippen LogP contribution in [0.15, 0.2) is 48.1 Å². The first kappa shape index (κ1) is 13.6. The van der Waals surface area contributed by atoms with E-state index in [2.05, 4.69) is 33.9 Å². The number of carbonyl (C=O) groups is 1. The van der Waals surface area contributed by atoms with Crippen molar-refractivity contribution in [2.45, 2.75) is 6.42 Å². The Kier molecular flexibility index (Phi) is 3.83. The van der Waals surface area contributed by atoms with Crippen LogP contribution in [-0.2, 0) is 6.42 Å². The number of benzene rings is 1. The van der Waals surface area contributed by atoms with Gasteiger partial charge in [0.15, 0.2) is 0 Å². The second kappa shape index (κ2) is 5.93. The Hall–Kier alpha value is -2.40. The van der Waals surface area contributed by atoms with Crippen LogP contribution in [0.3, 0.4) is 0 Å². The molecule has 0 spiro atoms. The number of fused-ring (bicyclic) bond motifs is 1. The SMILES string of the molecule is O=C(O)NCCc1cnccc1-c1cccc2ccsc12. The largest absolute Gasteiger partial charge is 0.465 e. The molecule has 2 heterocycles. The molecule has 1 aromatic carbocycles. The highest BCUT2D eigenvalue weighted by Gasteiger charge is 2.09. The van der Waals surface area contributed by atoms with Gasteiger partial charge >= 0.3 is 6.09 Å². The second-order valence-corrected chi connectivity index (χ2v) is 5.58. The van der Waals surface area contributed by atoms with Gasteiger partial charge in [0.05, 0.1) is 0 Å². The molecule has 0 saturated carbocycles. The minimum absolute atomic E-state index is 0.383. The van der Waals surface area contributed by atoms with E-state index in [1.807, 2.05) is 18.3 Å². The van der Waals surface area contributed by atoms with E-state index in [9.17, 15) is 4.79 Å². The average Bonchev–Trinajstić information content (AvgIpc) is 2.96. The van der Waals surface area contributed by atoms with Crippen molar-refractivity contribution in [3.05, 3.63) is 53.7 Å². The molecule has 21 heavy (non-hydrogen) atoms. The zero-order valence-electron chi connectivity index (χ0n) is 11.2. The summed E-state index contributed by atoms with van der Waals surface area (Å²) >= 11 is 1.72. The molecular weight excluding hydrogens is 284 g/mol. The highest BCUT2D eigenvalue weighted by atomic mass is 32.1. The zero-order valence-corrected chi connectivity index (χ0v) is 12.1. The van der Waals surface area contributed by atoms with Gasteiger partial charge < -0.3 is 10.4 Å². The topological polar surface area (TPSA) is 62.2 Å². The van der Waals surface area contributed by atoms with E-state index in [-0.39, 0.29) is 0 Å². The van der Waals surface area contributed by atoms with Crippen molar-refractivity contribution in [1.82, 2.24) is 10.3 Å². The third-order valence-corrected chi connectivity index (χ3v) is 4.31. The fraction of sp³-hybridized carbons (Fsp3) is 0.125. The first-order valence-corrected chi connectivity index (χ1v) is 7.50. The van der Waals surface area contributed by atoms with E-state index in [1.54, 1.807) is 17.5 Å². The number of rotatable bonds is 4. The summed E-state index contributed by atoms with van der Waals surface area (Å²) in [5, 5.41) is 14.4. The lowest BCUT2D eigenvalue weighted by molar-refractivity contribution is 0.194. The van der Waals surface area contributed by atoms with Crippen LogP contribution < -0.4 is 5.32 Å². The molecule has 106 valence electrons. The van der Waals surface area contributed by atoms with E-state index >= 15 is 0 Å². The van der Waals surface area contributed by atoms with Gasteiger partial charge in [-0.15, -0.1) is 11.3 Å². The molecule has 0 aliphatic heterocycles. The third kappa shape index (κ3) is 2.87. The van der Waals surface area contributed by atoms with Gasteiger partial charge in [-0.3, -0.25) is 4.98 Å². The fourth-order valence-corrected chi connectivity index (χ4v) is 3.33. The van der Waals surface area contributed by atoms with Crippen molar-refractivity contribution in [1.29, 1.82) is 0 Å². The lowest BCUT2D eigenvalue weighted by Crippen LogP contribution is -2.23. The molecule has 3 aromatic rings. The van der Waals surface area contributed by atoms with E-state index in [0.717, 1.165) is 11.1 Å². The zero-order chi connectivity index (χ0) is 14.7. The summed E-state index contributed by atoms with van der Waals surface area (Å²) in [4.78, 5) is 14.7. The van der Waals surface area contributed by atoms with E-state index in [1.165, 1.54) is 15.6 Å². The molecule has 0 unspecified atom stereocenters. The Labute approximate surface area is 126 Å². The molecule has 0 saturated heterocycles. The van der Waals surface area contributed by atoms with Crippen molar-refractivity contribution in [2.24, 2.45) is 0 Å². The molecule has 0 fully saturated rings. The van der Waals surface area contributed by atoms with Crippen LogP contribution in [0.2, 0.25) is 0 Å². The number of pyridine rings is 1. The van der Waals surface area contributed by atoms with Crippen LogP contribution in [0.25, 0.3) is 21.2 Å². The van der Waals surface area contributed by atoms with Gasteiger partial charge in [-0.1, -0.05) is 18.2 Å². The van der Waals surface area contributed by atoms with Gasteiger partial charge in [-0.05, 0) is 46.0 Å². The average molecular weight is 298 g/mol.